The van der Waals surface area contributed by atoms with Crippen LogP contribution >= 0.6 is 0 Å². The first kappa shape index (κ1) is 18.9. The van der Waals surface area contributed by atoms with Crippen LogP contribution in [0.4, 0.5) is 0 Å². The number of fused-ring (bicyclic) bond motifs is 2. The van der Waals surface area contributed by atoms with Crippen molar-refractivity contribution in [3.05, 3.63) is 29.8 Å². The van der Waals surface area contributed by atoms with Gasteiger partial charge in [0.1, 0.15) is 0 Å². The largest absolute Gasteiger partial charge is 0.379 e. The lowest BCUT2D eigenvalue weighted by atomic mass is 9.86. The number of nitrogens with zero attached hydrogens (tertiary/aromatic N) is 1. The number of nitrogens with one attached hydrogen (secondary N) is 1. The number of morpholine rings is 1. The standard InChI is InChI=1S/C20H28N2O4S/c23-20(21-7-6-17-13-15-4-5-16(17)12-15)18-2-1-3-19(14-18)27(24,25)22-8-10-26-11-9-22/h1-3,14-17H,4-13H2,(H,21,23). The highest BCUT2D eigenvalue weighted by atomic mass is 32.2. The number of carbonyl (C=O) groups is 1. The molecule has 1 saturated heterocycles. The lowest BCUT2D eigenvalue weighted by Crippen LogP contribution is -2.40. The van der Waals surface area contributed by atoms with Crippen molar-refractivity contribution in [1.82, 2.24) is 9.62 Å². The summed E-state index contributed by atoms with van der Waals surface area (Å²) in [6.45, 7) is 2.17. The zero-order valence-corrected chi connectivity index (χ0v) is 16.4. The third-order valence-electron chi connectivity index (χ3n) is 6.39. The van der Waals surface area contributed by atoms with E-state index in [1.807, 2.05) is 0 Å². The van der Waals surface area contributed by atoms with Gasteiger partial charge in [0.2, 0.25) is 10.0 Å². The second-order valence-electron chi connectivity index (χ2n) is 8.02. The number of sulfonamides is 1. The van der Waals surface area contributed by atoms with E-state index in [4.69, 9.17) is 4.74 Å². The van der Waals surface area contributed by atoms with Crippen LogP contribution < -0.4 is 5.32 Å². The lowest BCUT2D eigenvalue weighted by molar-refractivity contribution is 0.0730. The molecule has 0 radical (unpaired) electrons. The predicted octanol–water partition coefficient (Wildman–Crippen LogP) is 2.26. The number of benzene rings is 1. The van der Waals surface area contributed by atoms with Crippen LogP contribution in [-0.4, -0.2) is 51.5 Å². The van der Waals surface area contributed by atoms with Crippen LogP contribution in [0.3, 0.4) is 0 Å². The topological polar surface area (TPSA) is 75.7 Å². The van der Waals surface area contributed by atoms with Crippen LogP contribution in [0.25, 0.3) is 0 Å². The molecule has 1 aromatic rings. The monoisotopic (exact) mass is 392 g/mol. The SMILES string of the molecule is O=C(NCCC1CC2CCC1C2)c1cccc(S(=O)(=O)N2CCOCC2)c1. The highest BCUT2D eigenvalue weighted by Crippen LogP contribution is 2.49. The average Bonchev–Trinajstić information content (AvgIpc) is 3.32. The van der Waals surface area contributed by atoms with E-state index in [1.165, 1.54) is 36.1 Å². The first-order chi connectivity index (χ1) is 13.0. The highest BCUT2D eigenvalue weighted by Gasteiger charge is 2.38. The number of ether oxygens (including phenoxy) is 1. The van der Waals surface area contributed by atoms with Gasteiger partial charge < -0.3 is 10.1 Å². The molecule has 3 atom stereocenters. The molecule has 7 heteroatoms. The Morgan fingerprint density at radius 1 is 1.19 bits per heavy atom. The smallest absolute Gasteiger partial charge is 0.251 e. The Hall–Kier alpha value is -1.44. The quantitative estimate of drug-likeness (QED) is 0.806. The Morgan fingerprint density at radius 3 is 2.70 bits per heavy atom. The summed E-state index contributed by atoms with van der Waals surface area (Å²) in [6.07, 6.45) is 6.45. The molecule has 4 rings (SSSR count). The third kappa shape index (κ3) is 4.05. The summed E-state index contributed by atoms with van der Waals surface area (Å²) in [7, 11) is -3.58. The van der Waals surface area contributed by atoms with E-state index < -0.39 is 10.0 Å². The molecule has 3 aliphatic rings. The molecule has 6 nitrogen and oxygen atoms in total. The fourth-order valence-electron chi connectivity index (χ4n) is 4.94. The molecule has 1 N–H and O–H groups in total. The fourth-order valence-corrected chi connectivity index (χ4v) is 6.39. The molecule has 0 spiro atoms. The van der Waals surface area contributed by atoms with Crippen LogP contribution in [0.1, 0.15) is 42.5 Å². The first-order valence-corrected chi connectivity index (χ1v) is 11.4. The minimum absolute atomic E-state index is 0.171. The molecular formula is C20H28N2O4S. The molecule has 27 heavy (non-hydrogen) atoms. The molecule has 1 amide bonds. The molecule has 2 saturated carbocycles. The normalized spacial score (nSPS) is 28.4. The van der Waals surface area contributed by atoms with E-state index in [9.17, 15) is 13.2 Å². The summed E-state index contributed by atoms with van der Waals surface area (Å²) in [6, 6.07) is 6.35. The van der Waals surface area contributed by atoms with Gasteiger partial charge in [-0.3, -0.25) is 4.79 Å². The minimum atomic E-state index is -3.58. The summed E-state index contributed by atoms with van der Waals surface area (Å²) < 4.78 is 32.2. The van der Waals surface area contributed by atoms with Gasteiger partial charge in [-0.05, 0) is 61.6 Å². The molecule has 3 unspecified atom stereocenters. The van der Waals surface area contributed by atoms with Crippen molar-refractivity contribution in [2.75, 3.05) is 32.8 Å². The Morgan fingerprint density at radius 2 is 2.00 bits per heavy atom. The number of hydrogen-bond acceptors (Lipinski definition) is 4. The van der Waals surface area contributed by atoms with Crippen molar-refractivity contribution in [1.29, 1.82) is 0 Å². The van der Waals surface area contributed by atoms with E-state index in [0.29, 0.717) is 38.4 Å². The van der Waals surface area contributed by atoms with Crippen LogP contribution in [-0.2, 0) is 14.8 Å². The summed E-state index contributed by atoms with van der Waals surface area (Å²) in [5.41, 5.74) is 0.400. The summed E-state index contributed by atoms with van der Waals surface area (Å²) in [5, 5.41) is 2.98. The van der Waals surface area contributed by atoms with Crippen LogP contribution in [0.5, 0.6) is 0 Å². The second-order valence-corrected chi connectivity index (χ2v) is 9.96. The van der Waals surface area contributed by atoms with E-state index in [0.717, 1.165) is 24.2 Å². The molecule has 2 bridgehead atoms. The summed E-state index contributed by atoms with van der Waals surface area (Å²) in [5.74, 6) is 2.32. The van der Waals surface area contributed by atoms with Crippen molar-refractivity contribution in [3.8, 4) is 0 Å². The van der Waals surface area contributed by atoms with Gasteiger partial charge in [-0.1, -0.05) is 12.5 Å². The molecule has 1 aliphatic heterocycles. The first-order valence-electron chi connectivity index (χ1n) is 10.00. The zero-order valence-electron chi connectivity index (χ0n) is 15.6. The van der Waals surface area contributed by atoms with E-state index in [2.05, 4.69) is 5.32 Å². The molecule has 148 valence electrons. The van der Waals surface area contributed by atoms with Gasteiger partial charge in [-0.15, -0.1) is 0 Å². The molecule has 3 fully saturated rings. The van der Waals surface area contributed by atoms with Crippen LogP contribution in [0.2, 0.25) is 0 Å². The molecule has 1 heterocycles. The maximum atomic E-state index is 12.8. The number of carbonyl (C=O) groups excluding carboxylic acids is 1. The van der Waals surface area contributed by atoms with Crippen LogP contribution in [0, 0.1) is 17.8 Å². The highest BCUT2D eigenvalue weighted by molar-refractivity contribution is 7.89. The maximum Gasteiger partial charge on any atom is 0.251 e. The van der Waals surface area contributed by atoms with E-state index in [-0.39, 0.29) is 10.8 Å². The Labute approximate surface area is 161 Å². The average molecular weight is 393 g/mol. The van der Waals surface area contributed by atoms with Gasteiger partial charge in [0.25, 0.3) is 5.91 Å². The van der Waals surface area contributed by atoms with Crippen molar-refractivity contribution in [3.63, 3.8) is 0 Å². The lowest BCUT2D eigenvalue weighted by Gasteiger charge is -2.26. The minimum Gasteiger partial charge on any atom is -0.379 e. The molecule has 2 aliphatic carbocycles. The van der Waals surface area contributed by atoms with Crippen molar-refractivity contribution in [2.45, 2.75) is 37.0 Å². The van der Waals surface area contributed by atoms with E-state index >= 15 is 0 Å². The Balaban J connectivity index is 1.36. The van der Waals surface area contributed by atoms with Crippen molar-refractivity contribution >= 4 is 15.9 Å². The van der Waals surface area contributed by atoms with E-state index in [1.54, 1.807) is 18.2 Å². The summed E-state index contributed by atoms with van der Waals surface area (Å²) in [4.78, 5) is 12.7. The fraction of sp³-hybridized carbons (Fsp3) is 0.650. The van der Waals surface area contributed by atoms with Gasteiger partial charge in [0.15, 0.2) is 0 Å². The molecule has 0 aromatic heterocycles. The number of rotatable bonds is 6. The predicted molar refractivity (Wildman–Crippen MR) is 102 cm³/mol. The van der Waals surface area contributed by atoms with Gasteiger partial charge in [-0.2, -0.15) is 4.31 Å². The van der Waals surface area contributed by atoms with Gasteiger partial charge in [-0.25, -0.2) is 8.42 Å². The molecular weight excluding hydrogens is 364 g/mol. The Kier molecular flexibility index (Phi) is 5.53. The zero-order chi connectivity index (χ0) is 18.9. The third-order valence-corrected chi connectivity index (χ3v) is 8.28. The molecule has 1 aromatic carbocycles. The van der Waals surface area contributed by atoms with Gasteiger partial charge in [0.05, 0.1) is 18.1 Å². The number of hydrogen-bond donors (Lipinski definition) is 1. The van der Waals surface area contributed by atoms with Gasteiger partial charge >= 0.3 is 0 Å². The number of amides is 1. The van der Waals surface area contributed by atoms with Crippen molar-refractivity contribution < 1.29 is 17.9 Å². The maximum absolute atomic E-state index is 12.8. The van der Waals surface area contributed by atoms with Crippen LogP contribution in [0.15, 0.2) is 29.2 Å². The van der Waals surface area contributed by atoms with Gasteiger partial charge in [0, 0.05) is 25.2 Å². The van der Waals surface area contributed by atoms with Crippen molar-refractivity contribution in [2.24, 2.45) is 17.8 Å². The Bertz CT molecular complexity index is 789. The second kappa shape index (κ2) is 7.89. The summed E-state index contributed by atoms with van der Waals surface area (Å²) >= 11 is 0.